The van der Waals surface area contributed by atoms with Crippen molar-refractivity contribution < 1.29 is 4.79 Å². The van der Waals surface area contributed by atoms with Gasteiger partial charge in [-0.25, -0.2) is 0 Å². The number of aromatic amines is 1. The molecule has 1 heterocycles. The van der Waals surface area contributed by atoms with Gasteiger partial charge in [-0.1, -0.05) is 26.0 Å². The summed E-state index contributed by atoms with van der Waals surface area (Å²) in [6, 6.07) is 9.43. The van der Waals surface area contributed by atoms with Crippen LogP contribution in [0.2, 0.25) is 0 Å². The number of anilines is 2. The van der Waals surface area contributed by atoms with Crippen molar-refractivity contribution in [3.63, 3.8) is 0 Å². The van der Waals surface area contributed by atoms with Crippen LogP contribution in [0.5, 0.6) is 0 Å². The van der Waals surface area contributed by atoms with Crippen LogP contribution in [0.25, 0.3) is 0 Å². The molecule has 106 valence electrons. The number of nitrogens with two attached hydrogens (primary N) is 1. The number of nitrogens with zero attached hydrogens (tertiary/aromatic N) is 1. The minimum absolute atomic E-state index is 0.0383. The fraction of sp³-hybridized carbons (Fsp3) is 0.333. The zero-order valence-electron chi connectivity index (χ0n) is 11.8. The number of carbonyl (C=O) groups is 1. The predicted octanol–water partition coefficient (Wildman–Crippen LogP) is 2.69. The van der Waals surface area contributed by atoms with Gasteiger partial charge < -0.3 is 11.1 Å². The van der Waals surface area contributed by atoms with Gasteiger partial charge in [-0.2, -0.15) is 5.10 Å². The Balaban J connectivity index is 1.84. The molecule has 0 saturated heterocycles. The monoisotopic (exact) mass is 272 g/mol. The summed E-state index contributed by atoms with van der Waals surface area (Å²) in [5.41, 5.74) is 8.46. The van der Waals surface area contributed by atoms with Gasteiger partial charge in [0.1, 0.15) is 0 Å². The number of nitrogen functional groups attached to an aromatic ring is 1. The standard InChI is InChI=1S/C15H20N4O/c1-10(2)13-9-14(19-18-13)17-15(20)8-5-11-3-6-12(16)7-4-11/h3-4,6-7,9-10H,5,8,16H2,1-2H3,(H2,17,18,19,20). The summed E-state index contributed by atoms with van der Waals surface area (Å²) < 4.78 is 0. The van der Waals surface area contributed by atoms with Crippen LogP contribution >= 0.6 is 0 Å². The lowest BCUT2D eigenvalue weighted by Gasteiger charge is -2.03. The molecule has 20 heavy (non-hydrogen) atoms. The zero-order valence-corrected chi connectivity index (χ0v) is 11.8. The molecule has 0 aliphatic rings. The summed E-state index contributed by atoms with van der Waals surface area (Å²) in [5, 5.41) is 9.78. The summed E-state index contributed by atoms with van der Waals surface area (Å²) in [7, 11) is 0. The lowest BCUT2D eigenvalue weighted by Crippen LogP contribution is -2.12. The van der Waals surface area contributed by atoms with E-state index >= 15 is 0 Å². The van der Waals surface area contributed by atoms with Gasteiger partial charge in [0, 0.05) is 23.9 Å². The smallest absolute Gasteiger partial charge is 0.225 e. The van der Waals surface area contributed by atoms with Crippen LogP contribution in [0.1, 0.15) is 37.4 Å². The maximum atomic E-state index is 11.8. The van der Waals surface area contributed by atoms with Gasteiger partial charge in [-0.15, -0.1) is 0 Å². The van der Waals surface area contributed by atoms with Gasteiger partial charge in [0.25, 0.3) is 0 Å². The first-order valence-electron chi connectivity index (χ1n) is 6.74. The van der Waals surface area contributed by atoms with Crippen LogP contribution in [-0.4, -0.2) is 16.1 Å². The zero-order chi connectivity index (χ0) is 14.5. The topological polar surface area (TPSA) is 83.8 Å². The molecule has 0 aliphatic carbocycles. The third-order valence-corrected chi connectivity index (χ3v) is 3.11. The molecular formula is C15H20N4O. The summed E-state index contributed by atoms with van der Waals surface area (Å²) in [5.74, 6) is 0.905. The quantitative estimate of drug-likeness (QED) is 0.732. The van der Waals surface area contributed by atoms with Crippen molar-refractivity contribution in [3.05, 3.63) is 41.6 Å². The molecule has 1 aromatic heterocycles. The molecule has 0 atom stereocenters. The molecule has 5 heteroatoms. The number of aromatic nitrogens is 2. The average molecular weight is 272 g/mol. The maximum Gasteiger partial charge on any atom is 0.225 e. The van der Waals surface area contributed by atoms with Crippen LogP contribution in [-0.2, 0) is 11.2 Å². The first-order chi connectivity index (χ1) is 9.54. The van der Waals surface area contributed by atoms with Crippen molar-refractivity contribution in [1.29, 1.82) is 0 Å². The SMILES string of the molecule is CC(C)c1cc(NC(=O)CCc2ccc(N)cc2)n[nH]1. The Morgan fingerprint density at radius 3 is 2.65 bits per heavy atom. The van der Waals surface area contributed by atoms with Crippen molar-refractivity contribution in [2.45, 2.75) is 32.6 Å². The largest absolute Gasteiger partial charge is 0.399 e. The number of aryl methyl sites for hydroxylation is 1. The Labute approximate surface area is 118 Å². The van der Waals surface area contributed by atoms with E-state index in [0.717, 1.165) is 16.9 Å². The molecule has 0 bridgehead atoms. The number of carbonyl (C=O) groups excluding carboxylic acids is 1. The molecule has 4 N–H and O–H groups in total. The highest BCUT2D eigenvalue weighted by atomic mass is 16.1. The fourth-order valence-corrected chi connectivity index (χ4v) is 1.84. The fourth-order valence-electron chi connectivity index (χ4n) is 1.84. The minimum Gasteiger partial charge on any atom is -0.399 e. The minimum atomic E-state index is -0.0383. The molecule has 2 aromatic rings. The van der Waals surface area contributed by atoms with E-state index in [1.54, 1.807) is 0 Å². The van der Waals surface area contributed by atoms with Crippen molar-refractivity contribution in [1.82, 2.24) is 10.2 Å². The second-order valence-electron chi connectivity index (χ2n) is 5.15. The van der Waals surface area contributed by atoms with Gasteiger partial charge in [0.15, 0.2) is 5.82 Å². The number of hydrogen-bond acceptors (Lipinski definition) is 3. The number of hydrogen-bond donors (Lipinski definition) is 3. The van der Waals surface area contributed by atoms with E-state index in [0.29, 0.717) is 24.6 Å². The van der Waals surface area contributed by atoms with E-state index in [1.165, 1.54) is 0 Å². The van der Waals surface area contributed by atoms with E-state index in [1.807, 2.05) is 30.3 Å². The summed E-state index contributed by atoms with van der Waals surface area (Å²) in [6.07, 6.45) is 1.11. The van der Waals surface area contributed by atoms with Crippen LogP contribution in [0.3, 0.4) is 0 Å². The molecule has 5 nitrogen and oxygen atoms in total. The van der Waals surface area contributed by atoms with Crippen LogP contribution in [0.4, 0.5) is 11.5 Å². The first kappa shape index (κ1) is 14.1. The predicted molar refractivity (Wildman–Crippen MR) is 80.5 cm³/mol. The third kappa shape index (κ3) is 3.85. The third-order valence-electron chi connectivity index (χ3n) is 3.11. The number of nitrogens with one attached hydrogen (secondary N) is 2. The Morgan fingerprint density at radius 2 is 2.05 bits per heavy atom. The van der Waals surface area contributed by atoms with E-state index in [-0.39, 0.29) is 5.91 Å². The normalized spacial score (nSPS) is 10.8. The van der Waals surface area contributed by atoms with Crippen molar-refractivity contribution in [3.8, 4) is 0 Å². The first-order valence-corrected chi connectivity index (χ1v) is 6.74. The van der Waals surface area contributed by atoms with Crippen molar-refractivity contribution in [2.75, 3.05) is 11.1 Å². The molecule has 0 aliphatic heterocycles. The molecule has 1 aromatic carbocycles. The molecule has 0 unspecified atom stereocenters. The number of amides is 1. The van der Waals surface area contributed by atoms with Gasteiger partial charge in [-0.05, 0) is 30.0 Å². The average Bonchev–Trinajstić information content (AvgIpc) is 2.87. The van der Waals surface area contributed by atoms with Crippen LogP contribution in [0, 0.1) is 0 Å². The number of benzene rings is 1. The van der Waals surface area contributed by atoms with Crippen molar-refractivity contribution >= 4 is 17.4 Å². The van der Waals surface area contributed by atoms with Crippen LogP contribution in [0.15, 0.2) is 30.3 Å². The Hall–Kier alpha value is -2.30. The molecule has 0 radical (unpaired) electrons. The highest BCUT2D eigenvalue weighted by Crippen LogP contribution is 2.15. The summed E-state index contributed by atoms with van der Waals surface area (Å²) >= 11 is 0. The maximum absolute atomic E-state index is 11.8. The van der Waals surface area contributed by atoms with E-state index in [4.69, 9.17) is 5.73 Å². The lowest BCUT2D eigenvalue weighted by atomic mass is 10.1. The molecule has 2 rings (SSSR count). The molecular weight excluding hydrogens is 252 g/mol. The Bertz CT molecular complexity index is 572. The van der Waals surface area contributed by atoms with E-state index < -0.39 is 0 Å². The second-order valence-corrected chi connectivity index (χ2v) is 5.15. The van der Waals surface area contributed by atoms with Gasteiger partial charge in [-0.3, -0.25) is 9.89 Å². The summed E-state index contributed by atoms with van der Waals surface area (Å²) in [4.78, 5) is 11.8. The van der Waals surface area contributed by atoms with Crippen molar-refractivity contribution in [2.24, 2.45) is 0 Å². The van der Waals surface area contributed by atoms with Gasteiger partial charge >= 0.3 is 0 Å². The molecule has 1 amide bonds. The van der Waals surface area contributed by atoms with Gasteiger partial charge in [0.2, 0.25) is 5.91 Å². The highest BCUT2D eigenvalue weighted by molar-refractivity contribution is 5.89. The Kier molecular flexibility index (Phi) is 4.40. The van der Waals surface area contributed by atoms with Crippen LogP contribution < -0.4 is 11.1 Å². The molecule has 0 spiro atoms. The molecule has 0 saturated carbocycles. The van der Waals surface area contributed by atoms with Gasteiger partial charge in [0.05, 0.1) is 0 Å². The van der Waals surface area contributed by atoms with E-state index in [2.05, 4.69) is 29.4 Å². The molecule has 0 fully saturated rings. The lowest BCUT2D eigenvalue weighted by molar-refractivity contribution is -0.116. The number of H-pyrrole nitrogens is 1. The second kappa shape index (κ2) is 6.23. The summed E-state index contributed by atoms with van der Waals surface area (Å²) in [6.45, 7) is 4.14. The Morgan fingerprint density at radius 1 is 1.35 bits per heavy atom. The van der Waals surface area contributed by atoms with E-state index in [9.17, 15) is 4.79 Å². The number of rotatable bonds is 5. The highest BCUT2D eigenvalue weighted by Gasteiger charge is 2.08.